The number of aromatic nitrogens is 2. The van der Waals surface area contributed by atoms with Gasteiger partial charge in [-0.3, -0.25) is 10.00 Å². The lowest BCUT2D eigenvalue weighted by molar-refractivity contribution is 0.169. The maximum Gasteiger partial charge on any atom is 0.150 e. The number of likely N-dealkylation sites (tertiary alicyclic amines) is 1. The third-order valence-electron chi connectivity index (χ3n) is 8.35. The topological polar surface area (TPSA) is 70.6 Å². The van der Waals surface area contributed by atoms with Crippen LogP contribution in [0.5, 0.6) is 17.2 Å². The van der Waals surface area contributed by atoms with Crippen molar-refractivity contribution in [3.05, 3.63) is 95.3 Å². The van der Waals surface area contributed by atoms with Gasteiger partial charge in [0.2, 0.25) is 0 Å². The van der Waals surface area contributed by atoms with E-state index in [1.54, 1.807) is 6.07 Å². The molecular formula is C34H37N3O3. The summed E-state index contributed by atoms with van der Waals surface area (Å²) in [4.78, 5) is 2.51. The summed E-state index contributed by atoms with van der Waals surface area (Å²) in [5.41, 5.74) is 8.32. The number of hydrogen-bond donors (Lipinski definition) is 2. The maximum atomic E-state index is 10.3. The number of rotatable bonds is 7. The smallest absolute Gasteiger partial charge is 0.150 e. The van der Waals surface area contributed by atoms with E-state index in [1.807, 2.05) is 43.5 Å². The molecule has 1 fully saturated rings. The molecule has 3 heterocycles. The van der Waals surface area contributed by atoms with E-state index in [4.69, 9.17) is 9.47 Å². The van der Waals surface area contributed by atoms with Crippen molar-refractivity contribution in [3.8, 4) is 28.4 Å². The van der Waals surface area contributed by atoms with E-state index in [-0.39, 0.29) is 11.9 Å². The number of nitrogens with one attached hydrogen (secondary N) is 1. The van der Waals surface area contributed by atoms with Crippen LogP contribution in [0, 0.1) is 12.8 Å². The summed E-state index contributed by atoms with van der Waals surface area (Å²) in [5, 5.41) is 17.5. The van der Waals surface area contributed by atoms with Crippen molar-refractivity contribution in [3.63, 3.8) is 0 Å². The standard InChI is InChI=1S/C34H37N3O3/c1-21-14-15-37(19-21)22(2)20-39-29-11-8-25(9-12-29)34-33(27-6-5-7-28(38)16-27)23(3)30-13-10-26(17-32(30)40-34)31-18-35-36-24(31)4/h5-13,16-18,21-22,34,38H,14-15,19-20H2,1-4H3,(H,35,36)/t21-,22+,34?/m1/s1. The highest BCUT2D eigenvalue weighted by molar-refractivity contribution is 5.96. The summed E-state index contributed by atoms with van der Waals surface area (Å²) in [6.07, 6.45) is 2.78. The fourth-order valence-electron chi connectivity index (χ4n) is 5.97. The molecule has 2 N–H and O–H groups in total. The van der Waals surface area contributed by atoms with Gasteiger partial charge in [0.15, 0.2) is 0 Å². The van der Waals surface area contributed by atoms with Gasteiger partial charge >= 0.3 is 0 Å². The highest BCUT2D eigenvalue weighted by atomic mass is 16.5. The van der Waals surface area contributed by atoms with Crippen molar-refractivity contribution in [2.45, 2.75) is 46.3 Å². The molecular weight excluding hydrogens is 498 g/mol. The van der Waals surface area contributed by atoms with Gasteiger partial charge in [-0.2, -0.15) is 5.10 Å². The lowest BCUT2D eigenvalue weighted by atomic mass is 9.85. The minimum absolute atomic E-state index is 0.235. The number of aromatic amines is 1. The first-order valence-corrected chi connectivity index (χ1v) is 14.2. The van der Waals surface area contributed by atoms with E-state index in [2.05, 4.69) is 66.2 Å². The molecule has 0 saturated carbocycles. The zero-order valence-electron chi connectivity index (χ0n) is 23.6. The van der Waals surface area contributed by atoms with Crippen LogP contribution in [0.3, 0.4) is 0 Å². The number of benzene rings is 3. The van der Waals surface area contributed by atoms with E-state index >= 15 is 0 Å². The number of ether oxygens (including phenoxy) is 2. The average molecular weight is 536 g/mol. The molecule has 6 heteroatoms. The van der Waals surface area contributed by atoms with Crippen LogP contribution in [0.15, 0.2) is 72.9 Å². The molecule has 206 valence electrons. The van der Waals surface area contributed by atoms with Crippen molar-refractivity contribution < 1.29 is 14.6 Å². The van der Waals surface area contributed by atoms with Crippen molar-refractivity contribution in [2.24, 2.45) is 5.92 Å². The van der Waals surface area contributed by atoms with Crippen molar-refractivity contribution >= 4 is 11.1 Å². The number of phenolic OH excluding ortho intramolecular Hbond substituents is 1. The van der Waals surface area contributed by atoms with Gasteiger partial charge < -0.3 is 14.6 Å². The molecule has 3 aromatic carbocycles. The Balaban J connectivity index is 1.31. The van der Waals surface area contributed by atoms with E-state index in [1.165, 1.54) is 6.42 Å². The molecule has 0 bridgehead atoms. The first-order valence-electron chi connectivity index (χ1n) is 14.2. The number of allylic oxidation sites excluding steroid dienone is 1. The van der Waals surface area contributed by atoms with Crippen LogP contribution >= 0.6 is 0 Å². The fraction of sp³-hybridized carbons (Fsp3) is 0.324. The van der Waals surface area contributed by atoms with Crippen molar-refractivity contribution in [1.29, 1.82) is 0 Å². The Morgan fingerprint density at radius 1 is 1.05 bits per heavy atom. The van der Waals surface area contributed by atoms with Crippen LogP contribution in [0.4, 0.5) is 0 Å². The van der Waals surface area contributed by atoms with Crippen LogP contribution in [0.2, 0.25) is 0 Å². The Hall–Kier alpha value is -4.03. The molecule has 1 saturated heterocycles. The lowest BCUT2D eigenvalue weighted by Gasteiger charge is -2.31. The number of aryl methyl sites for hydroxylation is 1. The van der Waals surface area contributed by atoms with Crippen molar-refractivity contribution in [2.75, 3.05) is 19.7 Å². The molecule has 0 spiro atoms. The Kier molecular flexibility index (Phi) is 7.11. The summed E-state index contributed by atoms with van der Waals surface area (Å²) in [6.45, 7) is 11.7. The Bertz CT molecular complexity index is 1540. The number of H-pyrrole nitrogens is 1. The first-order chi connectivity index (χ1) is 19.4. The average Bonchev–Trinajstić information content (AvgIpc) is 3.59. The number of fused-ring (bicyclic) bond motifs is 1. The van der Waals surface area contributed by atoms with Gasteiger partial charge in [0.25, 0.3) is 0 Å². The molecule has 6 rings (SSSR count). The van der Waals surface area contributed by atoms with E-state index in [0.717, 1.165) is 75.2 Å². The number of hydrogen-bond acceptors (Lipinski definition) is 5. The number of aromatic hydroxyl groups is 1. The van der Waals surface area contributed by atoms with Crippen LogP contribution in [0.25, 0.3) is 22.3 Å². The quantitative estimate of drug-likeness (QED) is 0.261. The number of nitrogens with zero attached hydrogens (tertiary/aromatic N) is 2. The SMILES string of the molecule is CC1=C(c2cccc(O)c2)C(c2ccc(OC[C@H](C)N3CC[C@@H](C)C3)cc2)Oc2cc(-c3cn[nH]c3C)ccc21. The molecule has 6 nitrogen and oxygen atoms in total. The normalized spacial score (nSPS) is 19.8. The van der Waals surface area contributed by atoms with Gasteiger partial charge in [-0.1, -0.05) is 43.3 Å². The molecule has 1 unspecified atom stereocenters. The second-order valence-electron chi connectivity index (χ2n) is 11.3. The van der Waals surface area contributed by atoms with E-state index in [9.17, 15) is 5.11 Å². The van der Waals surface area contributed by atoms with Crippen molar-refractivity contribution in [1.82, 2.24) is 15.1 Å². The highest BCUT2D eigenvalue weighted by Crippen LogP contribution is 2.48. The molecule has 0 radical (unpaired) electrons. The Morgan fingerprint density at radius 3 is 2.58 bits per heavy atom. The molecule has 2 aliphatic heterocycles. The van der Waals surface area contributed by atoms with Gasteiger partial charge in [-0.05, 0) is 92.2 Å². The predicted octanol–water partition coefficient (Wildman–Crippen LogP) is 7.26. The molecule has 40 heavy (non-hydrogen) atoms. The van der Waals surface area contributed by atoms with Crippen LogP contribution in [0.1, 0.15) is 55.7 Å². The van der Waals surface area contributed by atoms with Crippen LogP contribution in [-0.2, 0) is 0 Å². The van der Waals surface area contributed by atoms with E-state index in [0.29, 0.717) is 12.6 Å². The third kappa shape index (κ3) is 5.11. The zero-order chi connectivity index (χ0) is 27.8. The lowest BCUT2D eigenvalue weighted by Crippen LogP contribution is -2.35. The van der Waals surface area contributed by atoms with Gasteiger partial charge in [-0.15, -0.1) is 0 Å². The second-order valence-corrected chi connectivity index (χ2v) is 11.3. The predicted molar refractivity (Wildman–Crippen MR) is 159 cm³/mol. The van der Waals surface area contributed by atoms with Gasteiger partial charge in [0.1, 0.15) is 30.0 Å². The Labute approximate surface area is 236 Å². The first kappa shape index (κ1) is 26.2. The van der Waals surface area contributed by atoms with Crippen LogP contribution < -0.4 is 9.47 Å². The maximum absolute atomic E-state index is 10.3. The molecule has 2 aliphatic rings. The highest BCUT2D eigenvalue weighted by Gasteiger charge is 2.30. The van der Waals surface area contributed by atoms with Gasteiger partial charge in [0, 0.05) is 35.0 Å². The van der Waals surface area contributed by atoms with E-state index < -0.39 is 0 Å². The molecule has 1 aromatic heterocycles. The zero-order valence-corrected chi connectivity index (χ0v) is 23.6. The molecule has 0 amide bonds. The monoisotopic (exact) mass is 535 g/mol. The van der Waals surface area contributed by atoms with Gasteiger partial charge in [-0.25, -0.2) is 0 Å². The minimum Gasteiger partial charge on any atom is -0.508 e. The van der Waals surface area contributed by atoms with Gasteiger partial charge in [0.05, 0.1) is 6.20 Å². The summed E-state index contributed by atoms with van der Waals surface area (Å²) < 4.78 is 13.0. The summed E-state index contributed by atoms with van der Waals surface area (Å²) >= 11 is 0. The van der Waals surface area contributed by atoms with Crippen LogP contribution in [-0.4, -0.2) is 45.9 Å². The number of phenols is 1. The Morgan fingerprint density at radius 2 is 1.88 bits per heavy atom. The molecule has 3 atom stereocenters. The molecule has 4 aromatic rings. The summed E-state index contributed by atoms with van der Waals surface area (Å²) in [6, 6.07) is 22.4. The summed E-state index contributed by atoms with van der Waals surface area (Å²) in [5.74, 6) is 2.69. The second kappa shape index (κ2) is 10.9. The molecule has 0 aliphatic carbocycles. The largest absolute Gasteiger partial charge is 0.508 e. The summed E-state index contributed by atoms with van der Waals surface area (Å²) in [7, 11) is 0. The minimum atomic E-state index is -0.339. The third-order valence-corrected chi connectivity index (χ3v) is 8.35. The fourth-order valence-corrected chi connectivity index (χ4v) is 5.97.